The molecule has 1 rings (SSSR count). The zero-order valence-electron chi connectivity index (χ0n) is 6.13. The minimum absolute atomic E-state index is 0.593. The van der Waals surface area contributed by atoms with Gasteiger partial charge in [0.25, 0.3) is 0 Å². The average Bonchev–Trinajstić information content (AvgIpc) is 2.39. The summed E-state index contributed by atoms with van der Waals surface area (Å²) < 4.78 is 12.8. The van der Waals surface area contributed by atoms with Gasteiger partial charge in [-0.3, -0.25) is 0 Å². The summed E-state index contributed by atoms with van der Waals surface area (Å²) in [5.41, 5.74) is 0. The Labute approximate surface area is 59.5 Å². The lowest BCUT2D eigenvalue weighted by Gasteiger charge is -2.05. The summed E-state index contributed by atoms with van der Waals surface area (Å²) in [7, 11) is 0. The molecule has 54 valence electrons. The molecule has 1 aliphatic heterocycles. The maximum absolute atomic E-state index is 10.8. The SMILES string of the molecule is CC(C)C1CN1[S+](C)[O-]. The van der Waals surface area contributed by atoms with E-state index in [0.717, 1.165) is 6.54 Å². The quantitative estimate of drug-likeness (QED) is 0.423. The van der Waals surface area contributed by atoms with Crippen molar-refractivity contribution in [3.05, 3.63) is 0 Å². The predicted molar refractivity (Wildman–Crippen MR) is 39.4 cm³/mol. The number of nitrogens with zero attached hydrogens (tertiary/aromatic N) is 1. The number of hydrogen-bond acceptors (Lipinski definition) is 2. The van der Waals surface area contributed by atoms with Gasteiger partial charge in [-0.05, 0) is 5.92 Å². The van der Waals surface area contributed by atoms with Gasteiger partial charge in [0.1, 0.15) is 6.26 Å². The summed E-state index contributed by atoms with van der Waals surface area (Å²) >= 11 is -0.723. The minimum Gasteiger partial charge on any atom is -0.598 e. The fourth-order valence-corrected chi connectivity index (χ4v) is 1.96. The minimum atomic E-state index is -0.723. The second-order valence-corrected chi connectivity index (χ2v) is 4.15. The summed E-state index contributed by atoms with van der Waals surface area (Å²) in [6, 6.07) is 0.593. The summed E-state index contributed by atoms with van der Waals surface area (Å²) in [4.78, 5) is 0. The molecule has 1 aliphatic rings. The van der Waals surface area contributed by atoms with Gasteiger partial charge in [-0.25, -0.2) is 0 Å². The zero-order chi connectivity index (χ0) is 7.02. The second-order valence-electron chi connectivity index (χ2n) is 2.83. The summed E-state index contributed by atoms with van der Waals surface area (Å²) in [6.45, 7) is 5.36. The van der Waals surface area contributed by atoms with E-state index in [0.29, 0.717) is 12.0 Å². The lowest BCUT2D eigenvalue weighted by atomic mass is 10.1. The van der Waals surface area contributed by atoms with Crippen LogP contribution in [0, 0.1) is 5.92 Å². The lowest BCUT2D eigenvalue weighted by molar-refractivity contribution is 0.522. The second kappa shape index (κ2) is 2.48. The van der Waals surface area contributed by atoms with Crippen LogP contribution in [0.2, 0.25) is 0 Å². The van der Waals surface area contributed by atoms with Gasteiger partial charge in [-0.1, -0.05) is 13.8 Å². The molecule has 3 heteroatoms. The Balaban J connectivity index is 2.24. The van der Waals surface area contributed by atoms with Crippen LogP contribution in [-0.4, -0.2) is 27.7 Å². The van der Waals surface area contributed by atoms with Crippen molar-refractivity contribution in [1.29, 1.82) is 0 Å². The van der Waals surface area contributed by atoms with Gasteiger partial charge in [-0.2, -0.15) is 0 Å². The zero-order valence-corrected chi connectivity index (χ0v) is 6.94. The van der Waals surface area contributed by atoms with Crippen LogP contribution in [0.1, 0.15) is 13.8 Å². The largest absolute Gasteiger partial charge is 0.598 e. The molecule has 1 fully saturated rings. The van der Waals surface area contributed by atoms with Crippen LogP contribution in [0.3, 0.4) is 0 Å². The Morgan fingerprint density at radius 2 is 2.22 bits per heavy atom. The Kier molecular flexibility index (Phi) is 2.03. The molecular formula is C6H13NOS. The highest BCUT2D eigenvalue weighted by molar-refractivity contribution is 7.88. The molecule has 9 heavy (non-hydrogen) atoms. The van der Waals surface area contributed by atoms with E-state index < -0.39 is 11.4 Å². The smallest absolute Gasteiger partial charge is 0.115 e. The van der Waals surface area contributed by atoms with Crippen molar-refractivity contribution in [3.8, 4) is 0 Å². The molecule has 0 N–H and O–H groups in total. The summed E-state index contributed by atoms with van der Waals surface area (Å²) in [6.07, 6.45) is 1.74. The van der Waals surface area contributed by atoms with Gasteiger partial charge in [-0.15, -0.1) is 4.31 Å². The van der Waals surface area contributed by atoms with E-state index in [9.17, 15) is 4.55 Å². The highest BCUT2D eigenvalue weighted by Crippen LogP contribution is 2.27. The first-order chi connectivity index (χ1) is 4.13. The van der Waals surface area contributed by atoms with E-state index in [1.807, 2.05) is 4.31 Å². The van der Waals surface area contributed by atoms with E-state index in [4.69, 9.17) is 0 Å². The van der Waals surface area contributed by atoms with Gasteiger partial charge in [0.15, 0.2) is 0 Å². The molecule has 0 saturated carbocycles. The first kappa shape index (κ1) is 7.38. The Hall–Kier alpha value is 0.270. The van der Waals surface area contributed by atoms with Crippen LogP contribution in [0.15, 0.2) is 0 Å². The van der Waals surface area contributed by atoms with E-state index in [1.54, 1.807) is 6.26 Å². The maximum Gasteiger partial charge on any atom is 0.115 e. The normalized spacial score (nSPS) is 37.0. The van der Waals surface area contributed by atoms with Crippen molar-refractivity contribution >= 4 is 11.4 Å². The molecule has 1 saturated heterocycles. The van der Waals surface area contributed by atoms with Crippen LogP contribution in [0.4, 0.5) is 0 Å². The van der Waals surface area contributed by atoms with Crippen molar-refractivity contribution < 1.29 is 4.55 Å². The average molecular weight is 147 g/mol. The molecule has 0 aromatic rings. The summed E-state index contributed by atoms with van der Waals surface area (Å²) in [5.74, 6) is 0.661. The monoisotopic (exact) mass is 147 g/mol. The number of hydrogen-bond donors (Lipinski definition) is 0. The highest BCUT2D eigenvalue weighted by Gasteiger charge is 2.44. The van der Waals surface area contributed by atoms with Crippen molar-refractivity contribution in [2.75, 3.05) is 12.8 Å². The van der Waals surface area contributed by atoms with Crippen LogP contribution >= 0.6 is 0 Å². The molecule has 3 atom stereocenters. The molecule has 0 aromatic carbocycles. The van der Waals surface area contributed by atoms with Gasteiger partial charge in [0.2, 0.25) is 0 Å². The van der Waals surface area contributed by atoms with Crippen LogP contribution in [0.5, 0.6) is 0 Å². The first-order valence-electron chi connectivity index (χ1n) is 3.23. The molecule has 0 bridgehead atoms. The van der Waals surface area contributed by atoms with Gasteiger partial charge in [0, 0.05) is 11.4 Å². The standard InChI is InChI=1S/C6H13NOS/c1-5(2)6-4-7(6)9(3)8/h5-6H,4H2,1-3H3. The molecule has 0 aliphatic carbocycles. The van der Waals surface area contributed by atoms with E-state index in [1.165, 1.54) is 0 Å². The fourth-order valence-electron chi connectivity index (χ4n) is 0.976. The lowest BCUT2D eigenvalue weighted by Crippen LogP contribution is -2.14. The highest BCUT2D eigenvalue weighted by atomic mass is 32.2. The van der Waals surface area contributed by atoms with Crippen LogP contribution in [0.25, 0.3) is 0 Å². The molecule has 0 aromatic heterocycles. The molecule has 3 unspecified atom stereocenters. The van der Waals surface area contributed by atoms with E-state index in [2.05, 4.69) is 13.8 Å². The molecular weight excluding hydrogens is 134 g/mol. The Morgan fingerprint density at radius 1 is 1.67 bits per heavy atom. The predicted octanol–water partition coefficient (Wildman–Crippen LogP) is 0.620. The Bertz CT molecular complexity index is 93.2. The van der Waals surface area contributed by atoms with Crippen molar-refractivity contribution in [2.24, 2.45) is 5.92 Å². The van der Waals surface area contributed by atoms with Crippen LogP contribution in [-0.2, 0) is 11.4 Å². The summed E-state index contributed by atoms with van der Waals surface area (Å²) in [5, 5.41) is 0. The molecule has 2 nitrogen and oxygen atoms in total. The third-order valence-corrected chi connectivity index (χ3v) is 2.78. The van der Waals surface area contributed by atoms with E-state index in [-0.39, 0.29) is 0 Å². The number of rotatable bonds is 2. The third kappa shape index (κ3) is 1.60. The maximum atomic E-state index is 10.8. The van der Waals surface area contributed by atoms with E-state index >= 15 is 0 Å². The van der Waals surface area contributed by atoms with Crippen LogP contribution < -0.4 is 0 Å². The third-order valence-electron chi connectivity index (χ3n) is 1.70. The van der Waals surface area contributed by atoms with Gasteiger partial charge < -0.3 is 4.55 Å². The van der Waals surface area contributed by atoms with Gasteiger partial charge in [0.05, 0.1) is 12.6 Å². The van der Waals surface area contributed by atoms with Crippen molar-refractivity contribution in [3.63, 3.8) is 0 Å². The molecule has 1 heterocycles. The first-order valence-corrected chi connectivity index (χ1v) is 4.74. The molecule has 0 spiro atoms. The van der Waals surface area contributed by atoms with Crippen molar-refractivity contribution in [2.45, 2.75) is 19.9 Å². The fraction of sp³-hybridized carbons (Fsp3) is 1.00. The van der Waals surface area contributed by atoms with Crippen molar-refractivity contribution in [1.82, 2.24) is 4.31 Å². The molecule has 0 radical (unpaired) electrons. The Morgan fingerprint density at radius 3 is 2.33 bits per heavy atom. The van der Waals surface area contributed by atoms with Gasteiger partial charge >= 0.3 is 0 Å². The topological polar surface area (TPSA) is 26.1 Å². The molecule has 0 amide bonds.